The van der Waals surface area contributed by atoms with E-state index in [1.165, 1.54) is 4.90 Å². The number of rotatable bonds is 5. The molecule has 3 amide bonds. The van der Waals surface area contributed by atoms with Crippen molar-refractivity contribution in [2.75, 3.05) is 31.1 Å². The van der Waals surface area contributed by atoms with Crippen LogP contribution in [-0.2, 0) is 11.3 Å². The fraction of sp³-hybridized carbons (Fsp3) is 0.611. The number of nitrogens with zero attached hydrogens (tertiary/aromatic N) is 3. The van der Waals surface area contributed by atoms with E-state index in [9.17, 15) is 22.8 Å². The molecule has 0 spiro atoms. The molecule has 1 atom stereocenters. The monoisotopic (exact) mass is 399 g/mol. The van der Waals surface area contributed by atoms with Crippen molar-refractivity contribution in [3.05, 3.63) is 23.9 Å². The first-order valence-corrected chi connectivity index (χ1v) is 9.42. The van der Waals surface area contributed by atoms with Crippen LogP contribution in [0.3, 0.4) is 0 Å². The average Bonchev–Trinajstić information content (AvgIpc) is 3.35. The zero-order valence-electron chi connectivity index (χ0n) is 15.5. The van der Waals surface area contributed by atoms with Gasteiger partial charge in [-0.25, -0.2) is 9.78 Å². The Morgan fingerprint density at radius 2 is 1.86 bits per heavy atom. The van der Waals surface area contributed by atoms with Crippen molar-refractivity contribution in [2.45, 2.75) is 44.4 Å². The summed E-state index contributed by atoms with van der Waals surface area (Å²) in [6.45, 7) is 1.17. The van der Waals surface area contributed by atoms with Crippen molar-refractivity contribution in [3.8, 4) is 0 Å². The van der Waals surface area contributed by atoms with Crippen LogP contribution in [0.25, 0.3) is 0 Å². The molecule has 0 aromatic carbocycles. The molecule has 0 saturated carbocycles. The van der Waals surface area contributed by atoms with Crippen molar-refractivity contribution in [2.24, 2.45) is 0 Å². The Morgan fingerprint density at radius 1 is 1.11 bits per heavy atom. The van der Waals surface area contributed by atoms with Gasteiger partial charge in [0.15, 0.2) is 0 Å². The minimum atomic E-state index is -4.48. The molecule has 2 N–H and O–H groups in total. The van der Waals surface area contributed by atoms with Gasteiger partial charge in [0.2, 0.25) is 5.91 Å². The third kappa shape index (κ3) is 5.26. The Balaban J connectivity index is 1.50. The van der Waals surface area contributed by atoms with E-state index in [0.29, 0.717) is 19.4 Å². The summed E-state index contributed by atoms with van der Waals surface area (Å²) in [7, 11) is 0. The van der Waals surface area contributed by atoms with Crippen LogP contribution in [0.5, 0.6) is 0 Å². The van der Waals surface area contributed by atoms with E-state index in [1.807, 2.05) is 17.4 Å². The lowest BCUT2D eigenvalue weighted by Gasteiger charge is -2.24. The number of hydrogen-bond acceptors (Lipinski definition) is 4. The zero-order valence-corrected chi connectivity index (χ0v) is 15.5. The van der Waals surface area contributed by atoms with Gasteiger partial charge in [-0.3, -0.25) is 4.79 Å². The predicted molar refractivity (Wildman–Crippen MR) is 96.7 cm³/mol. The number of halogens is 3. The summed E-state index contributed by atoms with van der Waals surface area (Å²) in [6.07, 6.45) is 0.466. The number of urea groups is 1. The van der Waals surface area contributed by atoms with Crippen LogP contribution in [0, 0.1) is 0 Å². The molecule has 2 fully saturated rings. The molecular weight excluding hydrogens is 375 g/mol. The van der Waals surface area contributed by atoms with Crippen molar-refractivity contribution in [1.29, 1.82) is 0 Å². The van der Waals surface area contributed by atoms with Crippen molar-refractivity contribution in [1.82, 2.24) is 20.5 Å². The summed E-state index contributed by atoms with van der Waals surface area (Å²) < 4.78 is 36.8. The Labute approximate surface area is 161 Å². The van der Waals surface area contributed by atoms with Gasteiger partial charge in [0, 0.05) is 32.4 Å². The maximum atomic E-state index is 12.4. The molecule has 0 radical (unpaired) electrons. The lowest BCUT2D eigenvalue weighted by atomic mass is 10.2. The van der Waals surface area contributed by atoms with Gasteiger partial charge in [-0.2, -0.15) is 13.2 Å². The summed E-state index contributed by atoms with van der Waals surface area (Å²) in [5.74, 6) is 0.134. The third-order valence-electron chi connectivity index (χ3n) is 4.96. The van der Waals surface area contributed by atoms with Gasteiger partial charge in [-0.1, -0.05) is 6.07 Å². The molecule has 2 saturated heterocycles. The van der Waals surface area contributed by atoms with Crippen LogP contribution < -0.4 is 15.5 Å². The summed E-state index contributed by atoms with van der Waals surface area (Å²) in [6, 6.07) is 2.46. The molecule has 154 valence electrons. The third-order valence-corrected chi connectivity index (χ3v) is 4.96. The topological polar surface area (TPSA) is 77.6 Å². The number of anilines is 1. The van der Waals surface area contributed by atoms with Crippen LogP contribution in [0.2, 0.25) is 0 Å². The summed E-state index contributed by atoms with van der Waals surface area (Å²) in [5, 5.41) is 4.57. The van der Waals surface area contributed by atoms with E-state index < -0.39 is 30.7 Å². The Bertz CT molecular complexity index is 689. The second-order valence-corrected chi connectivity index (χ2v) is 7.06. The second-order valence-electron chi connectivity index (χ2n) is 7.06. The average molecular weight is 399 g/mol. The summed E-state index contributed by atoms with van der Waals surface area (Å²) in [5.41, 5.74) is 0.813. The molecular formula is C18H24F3N5O2. The molecule has 3 heterocycles. The molecule has 2 aliphatic rings. The maximum absolute atomic E-state index is 12.4. The van der Waals surface area contributed by atoms with Crippen molar-refractivity contribution >= 4 is 17.8 Å². The zero-order chi connectivity index (χ0) is 20.1. The number of nitrogens with one attached hydrogen (secondary N) is 2. The van der Waals surface area contributed by atoms with Crippen LogP contribution in [0.15, 0.2) is 18.3 Å². The first-order chi connectivity index (χ1) is 13.3. The minimum absolute atomic E-state index is 0.236. The van der Waals surface area contributed by atoms with Gasteiger partial charge >= 0.3 is 12.2 Å². The Kier molecular flexibility index (Phi) is 6.25. The molecule has 28 heavy (non-hydrogen) atoms. The van der Waals surface area contributed by atoms with E-state index in [2.05, 4.69) is 15.2 Å². The number of carbonyl (C=O) groups excluding carboxylic acids is 2. The molecule has 0 bridgehead atoms. The predicted octanol–water partition coefficient (Wildman–Crippen LogP) is 2.03. The van der Waals surface area contributed by atoms with Gasteiger partial charge in [0.1, 0.15) is 18.4 Å². The largest absolute Gasteiger partial charge is 0.405 e. The SMILES string of the molecule is O=C(NCC(F)(F)F)[C@@H]1CCCN1C(=O)NCc1ccc(N2CCCC2)nc1. The fourth-order valence-electron chi connectivity index (χ4n) is 3.52. The highest BCUT2D eigenvalue weighted by molar-refractivity contribution is 5.87. The Hall–Kier alpha value is -2.52. The standard InChI is InChI=1S/C18H24F3N5O2/c19-18(20,21)12-24-16(27)14-4-3-9-26(14)17(28)23-11-13-5-6-15(22-10-13)25-7-1-2-8-25/h5-6,10,14H,1-4,7-9,11-12H2,(H,23,28)(H,24,27)/t14-/m0/s1. The van der Waals surface area contributed by atoms with E-state index in [4.69, 9.17) is 0 Å². The number of likely N-dealkylation sites (tertiary alicyclic amines) is 1. The molecule has 2 aliphatic heterocycles. The number of hydrogen-bond donors (Lipinski definition) is 2. The van der Waals surface area contributed by atoms with Crippen molar-refractivity contribution < 1.29 is 22.8 Å². The van der Waals surface area contributed by atoms with Gasteiger partial charge in [-0.15, -0.1) is 0 Å². The molecule has 1 aromatic rings. The number of amides is 3. The first-order valence-electron chi connectivity index (χ1n) is 9.42. The molecule has 7 nitrogen and oxygen atoms in total. The number of aromatic nitrogens is 1. The fourth-order valence-corrected chi connectivity index (χ4v) is 3.52. The van der Waals surface area contributed by atoms with E-state index in [0.717, 1.165) is 37.3 Å². The van der Waals surface area contributed by atoms with Crippen LogP contribution in [0.1, 0.15) is 31.2 Å². The first kappa shape index (κ1) is 20.2. The molecule has 0 aliphatic carbocycles. The van der Waals surface area contributed by atoms with Crippen molar-refractivity contribution in [3.63, 3.8) is 0 Å². The van der Waals surface area contributed by atoms with E-state index in [-0.39, 0.29) is 6.54 Å². The lowest BCUT2D eigenvalue weighted by molar-refractivity contribution is -0.140. The number of alkyl halides is 3. The van der Waals surface area contributed by atoms with Gasteiger partial charge in [0.25, 0.3) is 0 Å². The molecule has 10 heteroatoms. The molecule has 3 rings (SSSR count). The highest BCUT2D eigenvalue weighted by Gasteiger charge is 2.36. The number of pyridine rings is 1. The second kappa shape index (κ2) is 8.66. The van der Waals surface area contributed by atoms with Gasteiger partial charge in [-0.05, 0) is 37.3 Å². The van der Waals surface area contributed by atoms with Crippen LogP contribution in [-0.4, -0.2) is 60.2 Å². The maximum Gasteiger partial charge on any atom is 0.405 e. The van der Waals surface area contributed by atoms with E-state index >= 15 is 0 Å². The summed E-state index contributed by atoms with van der Waals surface area (Å²) in [4.78, 5) is 32.3. The number of carbonyl (C=O) groups is 2. The highest BCUT2D eigenvalue weighted by atomic mass is 19.4. The quantitative estimate of drug-likeness (QED) is 0.794. The van der Waals surface area contributed by atoms with Gasteiger partial charge in [0.05, 0.1) is 0 Å². The highest BCUT2D eigenvalue weighted by Crippen LogP contribution is 2.20. The molecule has 0 unspecified atom stereocenters. The lowest BCUT2D eigenvalue weighted by Crippen LogP contribution is -2.50. The smallest absolute Gasteiger partial charge is 0.357 e. The molecule has 1 aromatic heterocycles. The summed E-state index contributed by atoms with van der Waals surface area (Å²) >= 11 is 0. The minimum Gasteiger partial charge on any atom is -0.357 e. The van der Waals surface area contributed by atoms with Crippen LogP contribution >= 0.6 is 0 Å². The normalized spacial score (nSPS) is 19.8. The van der Waals surface area contributed by atoms with Crippen LogP contribution in [0.4, 0.5) is 23.8 Å². The van der Waals surface area contributed by atoms with E-state index in [1.54, 1.807) is 6.20 Å². The van der Waals surface area contributed by atoms with Gasteiger partial charge < -0.3 is 20.4 Å². The Morgan fingerprint density at radius 3 is 2.50 bits per heavy atom.